The Kier molecular flexibility index (Phi) is 5.73. The molecule has 0 saturated heterocycles. The zero-order valence-electron chi connectivity index (χ0n) is 15.8. The zero-order chi connectivity index (χ0) is 20.3. The molecule has 0 aliphatic heterocycles. The van der Waals surface area contributed by atoms with E-state index in [0.717, 1.165) is 17.1 Å². The molecule has 0 radical (unpaired) electrons. The van der Waals surface area contributed by atoms with Crippen LogP contribution in [-0.2, 0) is 0 Å². The van der Waals surface area contributed by atoms with Crippen molar-refractivity contribution < 1.29 is 18.3 Å². The molecule has 7 heteroatoms. The number of halogens is 2. The number of hydrogen-bond acceptors (Lipinski definition) is 3. The summed E-state index contributed by atoms with van der Waals surface area (Å²) in [5.74, 6) is -0.181. The van der Waals surface area contributed by atoms with Crippen LogP contribution in [0.4, 0.5) is 8.78 Å². The molecule has 0 aliphatic carbocycles. The van der Waals surface area contributed by atoms with Crippen LogP contribution in [0, 0.1) is 13.8 Å². The summed E-state index contributed by atoms with van der Waals surface area (Å²) in [6.07, 6.45) is 3.43. The fraction of sp³-hybridized carbons (Fsp3) is 0.238. The molecule has 2 aromatic heterocycles. The van der Waals surface area contributed by atoms with Gasteiger partial charge in [-0.2, -0.15) is 8.78 Å². The third-order valence-electron chi connectivity index (χ3n) is 4.51. The summed E-state index contributed by atoms with van der Waals surface area (Å²) in [5.41, 5.74) is 3.81. The van der Waals surface area contributed by atoms with Crippen LogP contribution in [0.3, 0.4) is 0 Å². The fourth-order valence-corrected chi connectivity index (χ4v) is 3.19. The number of aromatic nitrogens is 2. The topological polar surface area (TPSA) is 56.1 Å². The number of carbonyl (C=O) groups excluding carboxylic acids is 1. The maximum Gasteiger partial charge on any atom is 0.387 e. The molecule has 1 aromatic carbocycles. The Morgan fingerprint density at radius 1 is 1.18 bits per heavy atom. The van der Waals surface area contributed by atoms with E-state index in [4.69, 9.17) is 0 Å². The normalized spacial score (nSPS) is 12.1. The van der Waals surface area contributed by atoms with Gasteiger partial charge >= 0.3 is 6.61 Å². The molecule has 0 aliphatic rings. The lowest BCUT2D eigenvalue weighted by molar-refractivity contribution is -0.0499. The maximum absolute atomic E-state index is 12.8. The molecule has 146 valence electrons. The fourth-order valence-electron chi connectivity index (χ4n) is 3.19. The van der Waals surface area contributed by atoms with Crippen LogP contribution in [0.2, 0.25) is 0 Å². The quantitative estimate of drug-likeness (QED) is 0.676. The van der Waals surface area contributed by atoms with Crippen molar-refractivity contribution in [3.63, 3.8) is 0 Å². The molecule has 3 aromatic rings. The molecule has 5 nitrogen and oxygen atoms in total. The highest BCUT2D eigenvalue weighted by Crippen LogP contribution is 2.23. The van der Waals surface area contributed by atoms with Gasteiger partial charge in [0.25, 0.3) is 5.91 Å². The Morgan fingerprint density at radius 2 is 1.96 bits per heavy atom. The van der Waals surface area contributed by atoms with Crippen molar-refractivity contribution in [3.05, 3.63) is 77.4 Å². The van der Waals surface area contributed by atoms with Crippen molar-refractivity contribution in [1.82, 2.24) is 14.9 Å². The van der Waals surface area contributed by atoms with Gasteiger partial charge in [-0.25, -0.2) is 0 Å². The van der Waals surface area contributed by atoms with Gasteiger partial charge in [0.1, 0.15) is 5.75 Å². The van der Waals surface area contributed by atoms with Gasteiger partial charge < -0.3 is 14.6 Å². The van der Waals surface area contributed by atoms with E-state index in [9.17, 15) is 13.6 Å². The van der Waals surface area contributed by atoms with Crippen molar-refractivity contribution in [2.24, 2.45) is 0 Å². The SMILES string of the molecule is Cc1cc(C(=O)NC(C)c2cccc(OC(F)F)c2)c(C)n1-c1cccnc1. The van der Waals surface area contributed by atoms with E-state index >= 15 is 0 Å². The van der Waals surface area contributed by atoms with Crippen LogP contribution in [0.25, 0.3) is 5.69 Å². The molecule has 0 spiro atoms. The average Bonchev–Trinajstić information content (AvgIpc) is 2.96. The van der Waals surface area contributed by atoms with Crippen molar-refractivity contribution in [2.45, 2.75) is 33.4 Å². The first-order valence-electron chi connectivity index (χ1n) is 8.82. The summed E-state index contributed by atoms with van der Waals surface area (Å²) in [5, 5.41) is 2.91. The molecule has 2 heterocycles. The van der Waals surface area contributed by atoms with E-state index in [2.05, 4.69) is 15.0 Å². The summed E-state index contributed by atoms with van der Waals surface area (Å²) in [4.78, 5) is 16.9. The minimum atomic E-state index is -2.89. The minimum absolute atomic E-state index is 0.0587. The lowest BCUT2D eigenvalue weighted by Gasteiger charge is -2.16. The van der Waals surface area contributed by atoms with Gasteiger partial charge in [0, 0.05) is 17.6 Å². The number of alkyl halides is 2. The maximum atomic E-state index is 12.8. The highest BCUT2D eigenvalue weighted by Gasteiger charge is 2.19. The van der Waals surface area contributed by atoms with Crippen molar-refractivity contribution >= 4 is 5.91 Å². The number of nitrogens with zero attached hydrogens (tertiary/aromatic N) is 2. The second-order valence-electron chi connectivity index (χ2n) is 6.48. The number of carbonyl (C=O) groups is 1. The lowest BCUT2D eigenvalue weighted by atomic mass is 10.1. The van der Waals surface area contributed by atoms with E-state index in [0.29, 0.717) is 11.1 Å². The summed E-state index contributed by atoms with van der Waals surface area (Å²) in [6.45, 7) is 2.69. The van der Waals surface area contributed by atoms with Crippen LogP contribution < -0.4 is 10.1 Å². The molecule has 1 amide bonds. The third kappa shape index (κ3) is 4.19. The van der Waals surface area contributed by atoms with Crippen molar-refractivity contribution in [3.8, 4) is 11.4 Å². The van der Waals surface area contributed by atoms with E-state index in [1.165, 1.54) is 12.1 Å². The molecular weight excluding hydrogens is 364 g/mol. The number of aryl methyl sites for hydroxylation is 1. The van der Waals surface area contributed by atoms with E-state index in [1.54, 1.807) is 31.5 Å². The molecule has 0 fully saturated rings. The van der Waals surface area contributed by atoms with Crippen LogP contribution in [-0.4, -0.2) is 22.1 Å². The van der Waals surface area contributed by atoms with Crippen LogP contribution >= 0.6 is 0 Å². The number of benzene rings is 1. The first-order chi connectivity index (χ1) is 13.4. The molecule has 1 atom stereocenters. The lowest BCUT2D eigenvalue weighted by Crippen LogP contribution is -2.27. The Hall–Kier alpha value is -3.22. The van der Waals surface area contributed by atoms with Gasteiger partial charge in [0.05, 0.1) is 23.5 Å². The largest absolute Gasteiger partial charge is 0.435 e. The molecule has 3 rings (SSSR count). The van der Waals surface area contributed by atoms with Gasteiger partial charge in [0.2, 0.25) is 0 Å². The predicted molar refractivity (Wildman–Crippen MR) is 102 cm³/mol. The molecule has 28 heavy (non-hydrogen) atoms. The Labute approximate surface area is 162 Å². The molecule has 1 unspecified atom stereocenters. The second-order valence-corrected chi connectivity index (χ2v) is 6.48. The Morgan fingerprint density at radius 3 is 2.64 bits per heavy atom. The van der Waals surface area contributed by atoms with Gasteiger partial charge in [-0.3, -0.25) is 9.78 Å². The molecule has 1 N–H and O–H groups in total. The van der Waals surface area contributed by atoms with E-state index in [1.807, 2.05) is 36.6 Å². The number of pyridine rings is 1. The van der Waals surface area contributed by atoms with E-state index < -0.39 is 6.61 Å². The predicted octanol–water partition coefficient (Wildman–Crippen LogP) is 4.58. The van der Waals surface area contributed by atoms with Crippen LogP contribution in [0.5, 0.6) is 5.75 Å². The van der Waals surface area contributed by atoms with Gasteiger partial charge in [-0.15, -0.1) is 0 Å². The highest BCUT2D eigenvalue weighted by atomic mass is 19.3. The molecule has 0 bridgehead atoms. The number of amides is 1. The first kappa shape index (κ1) is 19.5. The monoisotopic (exact) mass is 385 g/mol. The smallest absolute Gasteiger partial charge is 0.387 e. The van der Waals surface area contributed by atoms with Crippen molar-refractivity contribution in [2.75, 3.05) is 0 Å². The van der Waals surface area contributed by atoms with Crippen molar-refractivity contribution in [1.29, 1.82) is 0 Å². The average molecular weight is 385 g/mol. The first-order valence-corrected chi connectivity index (χ1v) is 8.82. The van der Waals surface area contributed by atoms with E-state index in [-0.39, 0.29) is 17.7 Å². The van der Waals surface area contributed by atoms with Crippen LogP contribution in [0.15, 0.2) is 54.9 Å². The Balaban J connectivity index is 1.80. The number of ether oxygens (including phenoxy) is 1. The molecule has 0 saturated carbocycles. The molecular formula is C21H21F2N3O2. The number of hydrogen-bond donors (Lipinski definition) is 1. The van der Waals surface area contributed by atoms with Crippen LogP contribution in [0.1, 0.15) is 40.3 Å². The highest BCUT2D eigenvalue weighted by molar-refractivity contribution is 5.96. The summed E-state index contributed by atoms with van der Waals surface area (Å²) < 4.78 is 31.2. The summed E-state index contributed by atoms with van der Waals surface area (Å²) in [7, 11) is 0. The number of nitrogens with one attached hydrogen (secondary N) is 1. The van der Waals surface area contributed by atoms with Gasteiger partial charge in [-0.05, 0) is 56.7 Å². The zero-order valence-corrected chi connectivity index (χ0v) is 15.8. The summed E-state index contributed by atoms with van der Waals surface area (Å²) >= 11 is 0. The van der Waals surface area contributed by atoms with Gasteiger partial charge in [-0.1, -0.05) is 12.1 Å². The standard InChI is InChI=1S/C21H21F2N3O2/c1-13-10-19(15(3)26(13)17-7-5-9-24-12-17)20(27)25-14(2)16-6-4-8-18(11-16)28-21(22)23/h4-12,14,21H,1-3H3,(H,25,27). The van der Waals surface area contributed by atoms with Gasteiger partial charge in [0.15, 0.2) is 0 Å². The number of rotatable bonds is 6. The second kappa shape index (κ2) is 8.21. The third-order valence-corrected chi connectivity index (χ3v) is 4.51. The minimum Gasteiger partial charge on any atom is -0.435 e. The summed E-state index contributed by atoms with van der Waals surface area (Å²) in [6, 6.07) is 11.5. The Bertz CT molecular complexity index is 971.